The molecular weight excluding hydrogens is 406 g/mol. The molecular formula is C20H17N5O4S. The van der Waals surface area contributed by atoms with Crippen LogP contribution in [-0.2, 0) is 4.79 Å². The van der Waals surface area contributed by atoms with Crippen LogP contribution in [-0.4, -0.2) is 31.9 Å². The Morgan fingerprint density at radius 2 is 2.13 bits per heavy atom. The number of fused-ring (bicyclic) bond motifs is 1. The number of amidine groups is 2. The van der Waals surface area contributed by atoms with E-state index in [0.717, 1.165) is 17.9 Å². The predicted octanol–water partition coefficient (Wildman–Crippen LogP) is 4.58. The highest BCUT2D eigenvalue weighted by Gasteiger charge is 2.35. The number of hydrogen-bond donors (Lipinski definition) is 1. The van der Waals surface area contributed by atoms with Crippen molar-refractivity contribution in [2.45, 2.75) is 26.7 Å². The molecule has 1 amide bonds. The molecule has 3 heterocycles. The van der Waals surface area contributed by atoms with Crippen molar-refractivity contribution in [3.8, 4) is 11.3 Å². The summed E-state index contributed by atoms with van der Waals surface area (Å²) in [5.41, 5.74) is 1.49. The minimum absolute atomic E-state index is 0.00606. The highest BCUT2D eigenvalue weighted by Crippen LogP contribution is 2.32. The van der Waals surface area contributed by atoms with Gasteiger partial charge in [-0.1, -0.05) is 6.92 Å². The number of nitro groups is 1. The average Bonchev–Trinajstić information content (AvgIpc) is 3.32. The van der Waals surface area contributed by atoms with Gasteiger partial charge >= 0.3 is 0 Å². The van der Waals surface area contributed by atoms with Gasteiger partial charge < -0.3 is 4.42 Å². The number of carbonyl (C=O) groups is 1. The summed E-state index contributed by atoms with van der Waals surface area (Å²) in [6.45, 7) is 3.79. The summed E-state index contributed by atoms with van der Waals surface area (Å²) in [7, 11) is 0. The third kappa shape index (κ3) is 3.57. The molecule has 1 N–H and O–H groups in total. The van der Waals surface area contributed by atoms with Crippen LogP contribution in [0.4, 0.5) is 5.69 Å². The number of hydrogen-bond acceptors (Lipinski definition) is 7. The number of benzene rings is 1. The number of hydrazone groups is 1. The van der Waals surface area contributed by atoms with Crippen LogP contribution in [0, 0.1) is 22.4 Å². The van der Waals surface area contributed by atoms with Crippen molar-refractivity contribution < 1.29 is 14.1 Å². The lowest BCUT2D eigenvalue weighted by atomic mass is 10.1. The zero-order chi connectivity index (χ0) is 21.4. The quantitative estimate of drug-likeness (QED) is 0.426. The minimum atomic E-state index is -0.517. The third-order valence-corrected chi connectivity index (χ3v) is 5.53. The number of nitrogens with one attached hydrogen (secondary N) is 1. The number of non-ortho nitro benzene ring substituents is 1. The first-order chi connectivity index (χ1) is 14.4. The summed E-state index contributed by atoms with van der Waals surface area (Å²) >= 11 is 1.31. The number of nitro benzene ring substituents is 1. The highest BCUT2D eigenvalue weighted by atomic mass is 32.2. The number of thioether (sulfide) groups is 1. The third-order valence-electron chi connectivity index (χ3n) is 4.56. The van der Waals surface area contributed by atoms with Crippen LogP contribution in [0.1, 0.15) is 31.1 Å². The zero-order valence-corrected chi connectivity index (χ0v) is 17.0. The molecule has 0 bridgehead atoms. The van der Waals surface area contributed by atoms with E-state index in [-0.39, 0.29) is 17.1 Å². The summed E-state index contributed by atoms with van der Waals surface area (Å²) in [6.07, 6.45) is 3.14. The van der Waals surface area contributed by atoms with Gasteiger partial charge in [0.1, 0.15) is 16.6 Å². The van der Waals surface area contributed by atoms with Crippen LogP contribution in [0.3, 0.4) is 0 Å². The molecule has 0 atom stereocenters. The fourth-order valence-electron chi connectivity index (χ4n) is 3.10. The van der Waals surface area contributed by atoms with Crippen molar-refractivity contribution in [3.63, 3.8) is 0 Å². The van der Waals surface area contributed by atoms with Gasteiger partial charge in [0, 0.05) is 17.7 Å². The van der Waals surface area contributed by atoms with Crippen LogP contribution >= 0.6 is 11.8 Å². The second kappa shape index (κ2) is 7.71. The van der Waals surface area contributed by atoms with Crippen molar-refractivity contribution in [2.75, 3.05) is 0 Å². The van der Waals surface area contributed by atoms with E-state index in [1.54, 1.807) is 25.1 Å². The van der Waals surface area contributed by atoms with E-state index in [1.165, 1.54) is 35.0 Å². The molecule has 2 aliphatic rings. The van der Waals surface area contributed by atoms with Gasteiger partial charge in [0.15, 0.2) is 5.84 Å². The van der Waals surface area contributed by atoms with Crippen LogP contribution in [0.15, 0.2) is 50.4 Å². The molecule has 2 aromatic rings. The number of amides is 1. The van der Waals surface area contributed by atoms with Crippen molar-refractivity contribution in [2.24, 2.45) is 10.1 Å². The number of rotatable bonds is 5. The molecule has 0 saturated carbocycles. The number of furan rings is 1. The van der Waals surface area contributed by atoms with Crippen molar-refractivity contribution in [1.29, 1.82) is 5.41 Å². The van der Waals surface area contributed by atoms with Gasteiger partial charge in [0.05, 0.1) is 10.5 Å². The van der Waals surface area contributed by atoms with Gasteiger partial charge in [0.25, 0.3) is 11.6 Å². The Bertz CT molecular complexity index is 1180. The minimum Gasteiger partial charge on any atom is -0.457 e. The Balaban J connectivity index is 1.63. The van der Waals surface area contributed by atoms with Gasteiger partial charge in [-0.05, 0) is 61.4 Å². The Morgan fingerprint density at radius 1 is 1.33 bits per heavy atom. The Kier molecular flexibility index (Phi) is 5.08. The zero-order valence-electron chi connectivity index (χ0n) is 16.2. The summed E-state index contributed by atoms with van der Waals surface area (Å²) in [5.74, 6) is 0.316. The van der Waals surface area contributed by atoms with Crippen LogP contribution < -0.4 is 0 Å². The summed E-state index contributed by atoms with van der Waals surface area (Å²) < 4.78 is 5.82. The lowest BCUT2D eigenvalue weighted by Gasteiger charge is -2.19. The van der Waals surface area contributed by atoms with Crippen LogP contribution in [0.25, 0.3) is 17.4 Å². The molecule has 152 valence electrons. The van der Waals surface area contributed by atoms with Crippen molar-refractivity contribution in [3.05, 3.63) is 57.3 Å². The molecule has 10 heteroatoms. The number of aryl methyl sites for hydroxylation is 1. The van der Waals surface area contributed by atoms with Crippen molar-refractivity contribution >= 4 is 45.5 Å². The molecule has 0 radical (unpaired) electrons. The van der Waals surface area contributed by atoms with Gasteiger partial charge in [-0.3, -0.25) is 20.3 Å². The maximum absolute atomic E-state index is 12.5. The molecule has 0 unspecified atom stereocenters. The molecule has 2 aliphatic heterocycles. The highest BCUT2D eigenvalue weighted by molar-refractivity contribution is 8.26. The largest absolute Gasteiger partial charge is 0.457 e. The average molecular weight is 423 g/mol. The fourth-order valence-corrected chi connectivity index (χ4v) is 4.09. The molecule has 0 fully saturated rings. The van der Waals surface area contributed by atoms with E-state index in [4.69, 9.17) is 9.83 Å². The first-order valence-corrected chi connectivity index (χ1v) is 10.0. The first kappa shape index (κ1) is 19.8. The number of nitrogens with zero attached hydrogens (tertiary/aromatic N) is 4. The van der Waals surface area contributed by atoms with E-state index in [0.29, 0.717) is 27.8 Å². The Labute approximate surface area is 175 Å². The second-order valence-electron chi connectivity index (χ2n) is 6.72. The van der Waals surface area contributed by atoms with E-state index < -0.39 is 10.8 Å². The van der Waals surface area contributed by atoms with Gasteiger partial charge in [-0.15, -0.1) is 0 Å². The topological polar surface area (TPSA) is 125 Å². The summed E-state index contributed by atoms with van der Waals surface area (Å²) in [5, 5.41) is 26.3. The maximum atomic E-state index is 12.5. The van der Waals surface area contributed by atoms with Gasteiger partial charge in [0.2, 0.25) is 5.17 Å². The predicted molar refractivity (Wildman–Crippen MR) is 115 cm³/mol. The fraction of sp³-hybridized carbons (Fsp3) is 0.200. The van der Waals surface area contributed by atoms with Crippen molar-refractivity contribution in [1.82, 2.24) is 5.01 Å². The molecule has 0 spiro atoms. The van der Waals surface area contributed by atoms with E-state index in [2.05, 4.69) is 10.1 Å². The van der Waals surface area contributed by atoms with Crippen LogP contribution in [0.5, 0.6) is 0 Å². The molecule has 0 saturated heterocycles. The summed E-state index contributed by atoms with van der Waals surface area (Å²) in [6, 6.07) is 7.90. The number of aliphatic imine (C=N–C) groups is 1. The van der Waals surface area contributed by atoms with E-state index in [1.807, 2.05) is 6.92 Å². The smallest absolute Gasteiger partial charge is 0.283 e. The second-order valence-corrected chi connectivity index (χ2v) is 7.76. The summed E-state index contributed by atoms with van der Waals surface area (Å²) in [4.78, 5) is 27.0. The van der Waals surface area contributed by atoms with E-state index in [9.17, 15) is 14.9 Å². The maximum Gasteiger partial charge on any atom is 0.283 e. The lowest BCUT2D eigenvalue weighted by molar-refractivity contribution is -0.384. The SMILES string of the molecule is CCCC1=NN2C(=N)/C(=C/c3ccc(-c4ccc([N+](=O)[O-])cc4C)o3)C(=O)N=C2S1. The monoisotopic (exact) mass is 423 g/mol. The van der Waals surface area contributed by atoms with E-state index >= 15 is 0 Å². The first-order valence-electron chi connectivity index (χ1n) is 9.21. The molecule has 9 nitrogen and oxygen atoms in total. The standard InChI is InChI=1S/C20H17N5O4S/c1-3-4-17-23-24-18(21)15(19(26)22-20(24)30-17)10-13-6-8-16(29-13)14-7-5-12(25(27)28)9-11(14)2/h5-10,21H,3-4H2,1-2H3/b15-10-,21-18?. The lowest BCUT2D eigenvalue weighted by Crippen LogP contribution is -2.35. The Morgan fingerprint density at radius 3 is 2.83 bits per heavy atom. The molecule has 1 aromatic heterocycles. The Hall–Kier alpha value is -3.53. The molecule has 30 heavy (non-hydrogen) atoms. The molecule has 4 rings (SSSR count). The molecule has 0 aliphatic carbocycles. The number of carbonyl (C=O) groups excluding carboxylic acids is 1. The molecule has 1 aromatic carbocycles. The van der Waals surface area contributed by atoms with Crippen LogP contribution in [0.2, 0.25) is 0 Å². The normalized spacial score (nSPS) is 17.3. The van der Waals surface area contributed by atoms with Gasteiger partial charge in [-0.25, -0.2) is 0 Å². The van der Waals surface area contributed by atoms with Gasteiger partial charge in [-0.2, -0.15) is 15.1 Å².